The summed E-state index contributed by atoms with van der Waals surface area (Å²) in [5, 5.41) is 24.7. The lowest BCUT2D eigenvalue weighted by molar-refractivity contribution is -0.132. The van der Waals surface area contributed by atoms with Crippen molar-refractivity contribution in [2.24, 2.45) is 11.7 Å². The van der Waals surface area contributed by atoms with Crippen LogP contribution >= 0.6 is 0 Å². The van der Waals surface area contributed by atoms with Crippen LogP contribution in [0.2, 0.25) is 0 Å². The zero-order valence-corrected chi connectivity index (χ0v) is 18.6. The van der Waals surface area contributed by atoms with Gasteiger partial charge in [0.25, 0.3) is 0 Å². The molecule has 0 bridgehead atoms. The van der Waals surface area contributed by atoms with Gasteiger partial charge in [0.15, 0.2) is 12.2 Å². The predicted octanol–water partition coefficient (Wildman–Crippen LogP) is -0.929. The van der Waals surface area contributed by atoms with Gasteiger partial charge in [0.05, 0.1) is 19.3 Å². The van der Waals surface area contributed by atoms with E-state index in [2.05, 4.69) is 16.0 Å². The summed E-state index contributed by atoms with van der Waals surface area (Å²) < 4.78 is 10.6. The van der Waals surface area contributed by atoms with Crippen molar-refractivity contribution in [1.29, 1.82) is 5.41 Å². The Morgan fingerprint density at radius 2 is 1.90 bits per heavy atom. The van der Waals surface area contributed by atoms with Crippen LogP contribution in [0.1, 0.15) is 40.5 Å². The molecule has 0 aromatic carbocycles. The van der Waals surface area contributed by atoms with E-state index in [1.807, 2.05) is 20.8 Å². The standard InChI is InChI=1S/C19H36N6O6/c1-5-30-17-13(7-6-8-25(17)18(20)21)23-15(27)12(4)22-16(28)14(9-26)24-19(29)31-10-11(2)3/h11-14,17,26H,5-10H2,1-4H3,(H3,20,21)(H,22,28)(H,23,27)(H,24,29). The maximum Gasteiger partial charge on any atom is 0.407 e. The number of nitrogens with two attached hydrogens (primary N) is 1. The number of nitrogens with zero attached hydrogens (tertiary/aromatic N) is 1. The maximum atomic E-state index is 12.6. The van der Waals surface area contributed by atoms with Gasteiger partial charge in [0.2, 0.25) is 11.8 Å². The number of hydrogen-bond acceptors (Lipinski definition) is 7. The Kier molecular flexibility index (Phi) is 11.0. The fraction of sp³-hybridized carbons (Fsp3) is 0.789. The van der Waals surface area contributed by atoms with E-state index in [1.54, 1.807) is 4.90 Å². The lowest BCUT2D eigenvalue weighted by Gasteiger charge is -2.41. The van der Waals surface area contributed by atoms with Gasteiger partial charge < -0.3 is 41.2 Å². The molecule has 178 valence electrons. The smallest absolute Gasteiger partial charge is 0.407 e. The van der Waals surface area contributed by atoms with E-state index in [1.165, 1.54) is 6.92 Å². The molecule has 3 amide bonds. The van der Waals surface area contributed by atoms with Gasteiger partial charge in [-0.1, -0.05) is 13.8 Å². The lowest BCUT2D eigenvalue weighted by atomic mass is 10.0. The van der Waals surface area contributed by atoms with E-state index in [9.17, 15) is 19.5 Å². The molecule has 7 N–H and O–H groups in total. The minimum absolute atomic E-state index is 0.120. The molecular formula is C19H36N6O6. The number of guanidine groups is 1. The Bertz CT molecular complexity index is 631. The second kappa shape index (κ2) is 13.0. The number of piperidine rings is 1. The van der Waals surface area contributed by atoms with Gasteiger partial charge in [0, 0.05) is 13.2 Å². The first kappa shape index (κ1) is 26.4. The normalized spacial score (nSPS) is 20.5. The lowest BCUT2D eigenvalue weighted by Crippen LogP contribution is -2.62. The van der Waals surface area contributed by atoms with Gasteiger partial charge in [0.1, 0.15) is 12.1 Å². The molecule has 0 saturated carbocycles. The maximum absolute atomic E-state index is 12.6. The monoisotopic (exact) mass is 444 g/mol. The molecule has 1 rings (SSSR count). The topological polar surface area (TPSA) is 179 Å². The number of ether oxygens (including phenoxy) is 2. The van der Waals surface area contributed by atoms with Crippen LogP contribution in [-0.4, -0.2) is 84.6 Å². The highest BCUT2D eigenvalue weighted by molar-refractivity contribution is 5.91. The second-order valence-corrected chi connectivity index (χ2v) is 7.78. The summed E-state index contributed by atoms with van der Waals surface area (Å²) in [5.74, 6) is -1.20. The Labute approximate surface area is 182 Å². The van der Waals surface area contributed by atoms with Crippen molar-refractivity contribution in [3.63, 3.8) is 0 Å². The third-order valence-corrected chi connectivity index (χ3v) is 4.63. The number of nitrogens with one attached hydrogen (secondary N) is 4. The fourth-order valence-corrected chi connectivity index (χ4v) is 3.05. The van der Waals surface area contributed by atoms with Crippen LogP contribution in [0.5, 0.6) is 0 Å². The summed E-state index contributed by atoms with van der Waals surface area (Å²) in [6.45, 7) is 7.47. The first-order valence-electron chi connectivity index (χ1n) is 10.5. The molecule has 4 unspecified atom stereocenters. The molecule has 1 aliphatic heterocycles. The molecule has 4 atom stereocenters. The van der Waals surface area contributed by atoms with Crippen molar-refractivity contribution in [2.75, 3.05) is 26.4 Å². The number of aliphatic hydroxyl groups is 1. The Hall–Kier alpha value is -2.60. The van der Waals surface area contributed by atoms with Crippen molar-refractivity contribution < 1.29 is 29.0 Å². The molecule has 12 heteroatoms. The molecule has 0 spiro atoms. The van der Waals surface area contributed by atoms with Crippen LogP contribution in [0, 0.1) is 11.3 Å². The Balaban J connectivity index is 2.65. The number of hydrogen-bond donors (Lipinski definition) is 6. The summed E-state index contributed by atoms with van der Waals surface area (Å²) in [6, 6.07) is -2.61. The van der Waals surface area contributed by atoms with Crippen molar-refractivity contribution in [2.45, 2.75) is 64.9 Å². The minimum atomic E-state index is -1.26. The van der Waals surface area contributed by atoms with Gasteiger partial charge in [-0.25, -0.2) is 4.79 Å². The molecule has 1 saturated heterocycles. The largest absolute Gasteiger partial charge is 0.449 e. The van der Waals surface area contributed by atoms with Crippen LogP contribution in [0.4, 0.5) is 4.79 Å². The van der Waals surface area contributed by atoms with Crippen molar-refractivity contribution in [3.05, 3.63) is 0 Å². The third-order valence-electron chi connectivity index (χ3n) is 4.63. The van der Waals surface area contributed by atoms with E-state index in [0.29, 0.717) is 26.0 Å². The number of rotatable bonds is 10. The van der Waals surface area contributed by atoms with E-state index in [0.717, 1.165) is 0 Å². The molecule has 1 heterocycles. The van der Waals surface area contributed by atoms with E-state index < -0.39 is 48.9 Å². The van der Waals surface area contributed by atoms with Crippen LogP contribution in [-0.2, 0) is 19.1 Å². The summed E-state index contributed by atoms with van der Waals surface area (Å²) in [6.07, 6.45) is -0.0653. The van der Waals surface area contributed by atoms with Gasteiger partial charge >= 0.3 is 6.09 Å². The van der Waals surface area contributed by atoms with Crippen molar-refractivity contribution >= 4 is 23.9 Å². The minimum Gasteiger partial charge on any atom is -0.449 e. The average Bonchev–Trinajstić information content (AvgIpc) is 2.71. The van der Waals surface area contributed by atoms with Crippen molar-refractivity contribution in [1.82, 2.24) is 20.9 Å². The highest BCUT2D eigenvalue weighted by Gasteiger charge is 2.35. The summed E-state index contributed by atoms with van der Waals surface area (Å²) in [4.78, 5) is 38.3. The zero-order valence-electron chi connectivity index (χ0n) is 18.6. The van der Waals surface area contributed by atoms with E-state index in [-0.39, 0.29) is 18.5 Å². The molecule has 0 aromatic heterocycles. The molecule has 0 aromatic rings. The van der Waals surface area contributed by atoms with Crippen LogP contribution in [0.3, 0.4) is 0 Å². The zero-order chi connectivity index (χ0) is 23.6. The third kappa shape index (κ3) is 8.58. The average molecular weight is 445 g/mol. The molecule has 1 aliphatic rings. The number of aliphatic hydroxyl groups excluding tert-OH is 1. The fourth-order valence-electron chi connectivity index (χ4n) is 3.05. The first-order chi connectivity index (χ1) is 14.6. The summed E-state index contributed by atoms with van der Waals surface area (Å²) >= 11 is 0. The quantitative estimate of drug-likeness (QED) is 0.185. The highest BCUT2D eigenvalue weighted by atomic mass is 16.5. The Morgan fingerprint density at radius 1 is 1.23 bits per heavy atom. The van der Waals surface area contributed by atoms with Gasteiger partial charge in [-0.15, -0.1) is 0 Å². The van der Waals surface area contributed by atoms with Gasteiger partial charge in [-0.05, 0) is 32.6 Å². The molecular weight excluding hydrogens is 408 g/mol. The number of carbonyl (C=O) groups is 3. The number of amides is 3. The van der Waals surface area contributed by atoms with Crippen LogP contribution in [0.15, 0.2) is 0 Å². The van der Waals surface area contributed by atoms with Gasteiger partial charge in [-0.2, -0.15) is 0 Å². The molecule has 12 nitrogen and oxygen atoms in total. The summed E-state index contributed by atoms with van der Waals surface area (Å²) in [5.41, 5.74) is 5.62. The van der Waals surface area contributed by atoms with E-state index >= 15 is 0 Å². The van der Waals surface area contributed by atoms with Gasteiger partial charge in [-0.3, -0.25) is 15.0 Å². The van der Waals surface area contributed by atoms with Crippen LogP contribution < -0.4 is 21.7 Å². The predicted molar refractivity (Wildman–Crippen MR) is 113 cm³/mol. The number of alkyl carbamates (subject to hydrolysis) is 1. The molecule has 0 aliphatic carbocycles. The molecule has 0 radical (unpaired) electrons. The van der Waals surface area contributed by atoms with E-state index in [4.69, 9.17) is 20.6 Å². The first-order valence-corrected chi connectivity index (χ1v) is 10.5. The summed E-state index contributed by atoms with van der Waals surface area (Å²) in [7, 11) is 0. The second-order valence-electron chi connectivity index (χ2n) is 7.78. The van der Waals surface area contributed by atoms with Crippen molar-refractivity contribution in [3.8, 4) is 0 Å². The highest BCUT2D eigenvalue weighted by Crippen LogP contribution is 2.18. The van der Waals surface area contributed by atoms with Crippen LogP contribution in [0.25, 0.3) is 0 Å². The SMILES string of the molecule is CCOC1C(NC(=O)C(C)NC(=O)C(CO)NC(=O)OCC(C)C)CCCN1C(=N)N. The molecule has 1 fully saturated rings. The number of carbonyl (C=O) groups excluding carboxylic acids is 3. The Morgan fingerprint density at radius 3 is 2.45 bits per heavy atom. The number of likely N-dealkylation sites (tertiary alicyclic amines) is 1. The molecule has 31 heavy (non-hydrogen) atoms.